The molecule has 2 N–H and O–H groups in total. The quantitative estimate of drug-likeness (QED) is 0.833. The molecule has 1 aromatic rings. The standard InChI is InChI=1S/C16H24N2O3S.ClH/c1-18(14-5-3-4-6-15(14)22(2,20)21)16(19)11-12-7-9-13(17)10-8-12;/h7-10,14-15H,3-6,11,17H2,1-2H3;1H. The number of nitrogens with two attached hydrogens (primary N) is 1. The monoisotopic (exact) mass is 360 g/mol. The summed E-state index contributed by atoms with van der Waals surface area (Å²) < 4.78 is 23.9. The summed E-state index contributed by atoms with van der Waals surface area (Å²) in [5.41, 5.74) is 7.19. The van der Waals surface area contributed by atoms with Crippen molar-refractivity contribution in [3.8, 4) is 0 Å². The third-order valence-electron chi connectivity index (χ3n) is 4.44. The molecule has 0 saturated heterocycles. The molecule has 2 rings (SSSR count). The second kappa shape index (κ2) is 8.02. The highest BCUT2D eigenvalue weighted by molar-refractivity contribution is 7.91. The molecule has 0 spiro atoms. The number of likely N-dealkylation sites (N-methyl/N-ethyl adjacent to an activating group) is 1. The number of carbonyl (C=O) groups is 1. The third kappa shape index (κ3) is 5.11. The molecule has 5 nitrogen and oxygen atoms in total. The number of anilines is 1. The van der Waals surface area contributed by atoms with Crippen molar-refractivity contribution in [2.45, 2.75) is 43.4 Å². The van der Waals surface area contributed by atoms with E-state index in [4.69, 9.17) is 5.73 Å². The number of rotatable bonds is 4. The Morgan fingerprint density at radius 2 is 1.78 bits per heavy atom. The molecular weight excluding hydrogens is 336 g/mol. The van der Waals surface area contributed by atoms with Crippen molar-refractivity contribution in [2.24, 2.45) is 0 Å². The summed E-state index contributed by atoms with van der Waals surface area (Å²) >= 11 is 0. The van der Waals surface area contributed by atoms with E-state index in [0.717, 1.165) is 24.8 Å². The Kier molecular flexibility index (Phi) is 6.89. The van der Waals surface area contributed by atoms with Gasteiger partial charge in [0.25, 0.3) is 0 Å². The number of benzene rings is 1. The molecule has 2 unspecified atom stereocenters. The first-order valence-corrected chi connectivity index (χ1v) is 9.53. The Bertz CT molecular complexity index is 631. The number of nitrogens with zero attached hydrogens (tertiary/aromatic N) is 1. The number of sulfone groups is 1. The van der Waals surface area contributed by atoms with Crippen LogP contribution in [0.3, 0.4) is 0 Å². The zero-order valence-corrected chi connectivity index (χ0v) is 15.2. The van der Waals surface area contributed by atoms with Crippen molar-refractivity contribution in [1.82, 2.24) is 4.90 Å². The predicted molar refractivity (Wildman–Crippen MR) is 95.5 cm³/mol. The van der Waals surface area contributed by atoms with E-state index in [9.17, 15) is 13.2 Å². The summed E-state index contributed by atoms with van der Waals surface area (Å²) in [7, 11) is -1.43. The second-order valence-electron chi connectivity index (χ2n) is 6.14. The Hall–Kier alpha value is -1.27. The molecule has 1 saturated carbocycles. The molecular formula is C16H25ClN2O3S. The third-order valence-corrected chi connectivity index (χ3v) is 6.09. The summed E-state index contributed by atoms with van der Waals surface area (Å²) in [6.07, 6.45) is 4.81. The van der Waals surface area contributed by atoms with Crippen LogP contribution in [0.2, 0.25) is 0 Å². The molecule has 0 heterocycles. The Balaban J connectivity index is 0.00000264. The molecule has 7 heteroatoms. The van der Waals surface area contributed by atoms with E-state index < -0.39 is 15.1 Å². The van der Waals surface area contributed by atoms with Gasteiger partial charge in [-0.05, 0) is 30.5 Å². The molecule has 0 radical (unpaired) electrons. The molecule has 1 fully saturated rings. The fourth-order valence-electron chi connectivity index (χ4n) is 3.14. The van der Waals surface area contributed by atoms with Crippen molar-refractivity contribution in [2.75, 3.05) is 19.0 Å². The first kappa shape index (κ1) is 19.8. The number of amides is 1. The van der Waals surface area contributed by atoms with Crippen LogP contribution in [-0.2, 0) is 21.1 Å². The van der Waals surface area contributed by atoms with Gasteiger partial charge in [0.15, 0.2) is 9.84 Å². The first-order valence-electron chi connectivity index (χ1n) is 7.58. The van der Waals surface area contributed by atoms with Crippen LogP contribution in [0.4, 0.5) is 5.69 Å². The predicted octanol–water partition coefficient (Wildman–Crippen LogP) is 2.05. The number of nitrogen functional groups attached to an aromatic ring is 1. The first-order chi connectivity index (χ1) is 10.3. The summed E-state index contributed by atoms with van der Waals surface area (Å²) in [5.74, 6) is -0.0506. The van der Waals surface area contributed by atoms with Crippen LogP contribution >= 0.6 is 12.4 Å². The van der Waals surface area contributed by atoms with Gasteiger partial charge in [-0.25, -0.2) is 8.42 Å². The van der Waals surface area contributed by atoms with Gasteiger partial charge in [-0.3, -0.25) is 4.79 Å². The lowest BCUT2D eigenvalue weighted by Crippen LogP contribution is -2.49. The summed E-state index contributed by atoms with van der Waals surface area (Å²) in [5, 5.41) is -0.443. The maximum Gasteiger partial charge on any atom is 0.227 e. The fraction of sp³-hybridized carbons (Fsp3) is 0.562. The highest BCUT2D eigenvalue weighted by Gasteiger charge is 2.36. The summed E-state index contributed by atoms with van der Waals surface area (Å²) in [6, 6.07) is 6.97. The molecule has 2 atom stereocenters. The number of carbonyl (C=O) groups excluding carboxylic acids is 1. The highest BCUT2D eigenvalue weighted by atomic mass is 35.5. The van der Waals surface area contributed by atoms with Gasteiger partial charge in [-0.2, -0.15) is 0 Å². The smallest absolute Gasteiger partial charge is 0.227 e. The fourth-order valence-corrected chi connectivity index (χ4v) is 4.62. The normalized spacial score (nSPS) is 21.3. The van der Waals surface area contributed by atoms with Crippen molar-refractivity contribution in [1.29, 1.82) is 0 Å². The maximum atomic E-state index is 12.5. The second-order valence-corrected chi connectivity index (χ2v) is 8.41. The maximum absolute atomic E-state index is 12.5. The van der Waals surface area contributed by atoms with Crippen molar-refractivity contribution in [3.05, 3.63) is 29.8 Å². The Morgan fingerprint density at radius 1 is 1.22 bits per heavy atom. The average Bonchev–Trinajstić information content (AvgIpc) is 2.48. The van der Waals surface area contributed by atoms with Gasteiger partial charge in [-0.1, -0.05) is 25.0 Å². The average molecular weight is 361 g/mol. The Morgan fingerprint density at radius 3 is 2.35 bits per heavy atom. The van der Waals surface area contributed by atoms with Gasteiger partial charge in [0, 0.05) is 25.0 Å². The van der Waals surface area contributed by atoms with Crippen LogP contribution in [-0.4, -0.2) is 43.8 Å². The van der Waals surface area contributed by atoms with E-state index in [1.165, 1.54) is 6.26 Å². The largest absolute Gasteiger partial charge is 0.399 e. The van der Waals surface area contributed by atoms with Crippen molar-refractivity contribution in [3.63, 3.8) is 0 Å². The lowest BCUT2D eigenvalue weighted by atomic mass is 9.93. The van der Waals surface area contributed by atoms with Crippen LogP contribution in [0, 0.1) is 0 Å². The van der Waals surface area contributed by atoms with Gasteiger partial charge in [0.1, 0.15) is 0 Å². The molecule has 0 bridgehead atoms. The van der Waals surface area contributed by atoms with E-state index >= 15 is 0 Å². The number of hydrogen-bond donors (Lipinski definition) is 1. The molecule has 130 valence electrons. The minimum atomic E-state index is -3.14. The lowest BCUT2D eigenvalue weighted by molar-refractivity contribution is -0.131. The van der Waals surface area contributed by atoms with E-state index in [-0.39, 0.29) is 30.8 Å². The summed E-state index contributed by atoms with van der Waals surface area (Å²) in [6.45, 7) is 0. The van der Waals surface area contributed by atoms with Gasteiger partial charge in [0.05, 0.1) is 11.7 Å². The van der Waals surface area contributed by atoms with Crippen molar-refractivity contribution >= 4 is 33.8 Å². The Labute approximate surface area is 144 Å². The molecule has 0 aromatic heterocycles. The van der Waals surface area contributed by atoms with E-state index in [1.54, 1.807) is 24.1 Å². The van der Waals surface area contributed by atoms with E-state index in [1.807, 2.05) is 12.1 Å². The van der Waals surface area contributed by atoms with Gasteiger partial charge in [-0.15, -0.1) is 12.4 Å². The van der Waals surface area contributed by atoms with Crippen LogP contribution in [0.25, 0.3) is 0 Å². The minimum Gasteiger partial charge on any atom is -0.399 e. The molecule has 1 aromatic carbocycles. The van der Waals surface area contributed by atoms with E-state index in [2.05, 4.69) is 0 Å². The number of halogens is 1. The highest BCUT2D eigenvalue weighted by Crippen LogP contribution is 2.27. The number of hydrogen-bond acceptors (Lipinski definition) is 4. The summed E-state index contributed by atoms with van der Waals surface area (Å²) in [4.78, 5) is 14.1. The van der Waals surface area contributed by atoms with Crippen LogP contribution in [0.5, 0.6) is 0 Å². The molecule has 23 heavy (non-hydrogen) atoms. The zero-order chi connectivity index (χ0) is 16.3. The SMILES string of the molecule is CN(C(=O)Cc1ccc(N)cc1)C1CCCCC1S(C)(=O)=O.Cl. The minimum absolute atomic E-state index is 0. The van der Waals surface area contributed by atoms with Gasteiger partial charge < -0.3 is 10.6 Å². The molecule has 1 aliphatic rings. The van der Waals surface area contributed by atoms with Gasteiger partial charge >= 0.3 is 0 Å². The van der Waals surface area contributed by atoms with Crippen LogP contribution in [0.15, 0.2) is 24.3 Å². The lowest BCUT2D eigenvalue weighted by Gasteiger charge is -2.37. The van der Waals surface area contributed by atoms with Crippen LogP contribution < -0.4 is 5.73 Å². The zero-order valence-electron chi connectivity index (χ0n) is 13.6. The molecule has 1 aliphatic carbocycles. The van der Waals surface area contributed by atoms with E-state index in [0.29, 0.717) is 12.1 Å². The van der Waals surface area contributed by atoms with Gasteiger partial charge in [0.2, 0.25) is 5.91 Å². The van der Waals surface area contributed by atoms with Crippen molar-refractivity contribution < 1.29 is 13.2 Å². The topological polar surface area (TPSA) is 80.5 Å². The van der Waals surface area contributed by atoms with Crippen LogP contribution in [0.1, 0.15) is 31.2 Å². The molecule has 1 amide bonds. The molecule has 0 aliphatic heterocycles.